The van der Waals surface area contributed by atoms with Gasteiger partial charge in [-0.1, -0.05) is 43.1 Å². The fraction of sp³-hybridized carbons (Fsp3) is 0.826. The average Bonchev–Trinajstić information content (AvgIpc) is 2.64. The van der Waals surface area contributed by atoms with Crippen LogP contribution in [0.1, 0.15) is 96.9 Å². The Kier molecular flexibility index (Phi) is 25.5. The Labute approximate surface area is 190 Å². The predicted molar refractivity (Wildman–Crippen MR) is 123 cm³/mol. The van der Waals surface area contributed by atoms with Crippen LogP contribution >= 0.6 is 0 Å². The first kappa shape index (κ1) is 39.5. The molecule has 0 radical (unpaired) electrons. The van der Waals surface area contributed by atoms with Crippen molar-refractivity contribution in [3.8, 4) is 0 Å². The van der Waals surface area contributed by atoms with E-state index in [1.807, 2.05) is 13.8 Å². The highest BCUT2D eigenvalue weighted by Gasteiger charge is 2.27. The van der Waals surface area contributed by atoms with Gasteiger partial charge in [-0.3, -0.25) is 19.2 Å². The quantitative estimate of drug-likeness (QED) is 0.236. The van der Waals surface area contributed by atoms with E-state index < -0.39 is 10.8 Å². The van der Waals surface area contributed by atoms with Crippen molar-refractivity contribution < 1.29 is 38.1 Å². The molecule has 0 saturated carbocycles. The van der Waals surface area contributed by atoms with Crippen molar-refractivity contribution in [1.29, 1.82) is 0 Å². The first-order valence-electron chi connectivity index (χ1n) is 9.41. The summed E-state index contributed by atoms with van der Waals surface area (Å²) in [6, 6.07) is 0. The van der Waals surface area contributed by atoms with Crippen LogP contribution in [0.25, 0.3) is 0 Å². The van der Waals surface area contributed by atoms with E-state index in [2.05, 4.69) is 4.74 Å². The van der Waals surface area contributed by atoms with E-state index in [1.54, 1.807) is 34.6 Å². The van der Waals surface area contributed by atoms with Crippen LogP contribution in [0.3, 0.4) is 0 Å². The van der Waals surface area contributed by atoms with Crippen LogP contribution in [0, 0.1) is 10.8 Å². The fourth-order valence-electron chi connectivity index (χ4n) is 1.21. The van der Waals surface area contributed by atoms with Gasteiger partial charge in [-0.2, -0.15) is 0 Å². The maximum Gasteiger partial charge on any atom is 0.314 e. The van der Waals surface area contributed by atoms with Gasteiger partial charge in [-0.25, -0.2) is 0 Å². The molecular formula is C23H48O8. The predicted octanol–water partition coefficient (Wildman–Crippen LogP) is 5.31. The number of carbonyl (C=O) groups is 4. The summed E-state index contributed by atoms with van der Waals surface area (Å²) in [7, 11) is 0. The summed E-state index contributed by atoms with van der Waals surface area (Å²) in [5.41, 5.74) is -1.00. The van der Waals surface area contributed by atoms with E-state index >= 15 is 0 Å². The Bertz CT molecular complexity index is 510. The summed E-state index contributed by atoms with van der Waals surface area (Å²) < 4.78 is 19.1. The summed E-state index contributed by atoms with van der Waals surface area (Å²) in [5, 5.41) is 0. The SMILES string of the molecule is C.C.C.CCC(=O)OCOC(=O)C(C)(C)CC.CCC(C)(C)C(=O)OCOCC(C)=O. The van der Waals surface area contributed by atoms with E-state index in [-0.39, 0.29) is 72.6 Å². The topological polar surface area (TPSA) is 105 Å². The summed E-state index contributed by atoms with van der Waals surface area (Å²) in [4.78, 5) is 43.9. The van der Waals surface area contributed by atoms with Crippen LogP contribution in [0.2, 0.25) is 0 Å². The minimum absolute atomic E-state index is 0. The van der Waals surface area contributed by atoms with Crippen molar-refractivity contribution in [2.24, 2.45) is 10.8 Å². The van der Waals surface area contributed by atoms with Crippen LogP contribution < -0.4 is 0 Å². The molecule has 0 bridgehead atoms. The number of ketones is 1. The van der Waals surface area contributed by atoms with Gasteiger partial charge in [-0.15, -0.1) is 0 Å². The fourth-order valence-corrected chi connectivity index (χ4v) is 1.21. The number of esters is 3. The second-order valence-electron chi connectivity index (χ2n) is 7.49. The van der Waals surface area contributed by atoms with Gasteiger partial charge in [0.15, 0.2) is 12.6 Å². The van der Waals surface area contributed by atoms with Gasteiger partial charge in [0, 0.05) is 6.42 Å². The lowest BCUT2D eigenvalue weighted by Crippen LogP contribution is -2.27. The number of ether oxygens (including phenoxy) is 4. The second-order valence-corrected chi connectivity index (χ2v) is 7.49. The zero-order chi connectivity index (χ0) is 22.4. The monoisotopic (exact) mass is 452 g/mol. The minimum atomic E-state index is -0.515. The van der Waals surface area contributed by atoms with Gasteiger partial charge >= 0.3 is 17.9 Å². The van der Waals surface area contributed by atoms with Crippen LogP contribution in [0.15, 0.2) is 0 Å². The lowest BCUT2D eigenvalue weighted by atomic mass is 9.91. The normalized spacial score (nSPS) is 9.94. The maximum atomic E-state index is 11.4. The zero-order valence-electron chi connectivity index (χ0n) is 18.5. The Hall–Kier alpha value is -1.96. The number of carbonyl (C=O) groups excluding carboxylic acids is 4. The molecule has 8 heteroatoms. The van der Waals surface area contributed by atoms with Gasteiger partial charge in [0.25, 0.3) is 0 Å². The third kappa shape index (κ3) is 19.7. The lowest BCUT2D eigenvalue weighted by molar-refractivity contribution is -0.173. The zero-order valence-corrected chi connectivity index (χ0v) is 18.5. The van der Waals surface area contributed by atoms with Crippen LogP contribution in [0.5, 0.6) is 0 Å². The number of hydrogen-bond acceptors (Lipinski definition) is 8. The van der Waals surface area contributed by atoms with Gasteiger partial charge < -0.3 is 18.9 Å². The molecule has 0 rings (SSSR count). The van der Waals surface area contributed by atoms with Crippen LogP contribution in [-0.2, 0) is 38.1 Å². The second kappa shape index (κ2) is 20.0. The summed E-state index contributed by atoms with van der Waals surface area (Å²) in [6.07, 6.45) is 1.68. The van der Waals surface area contributed by atoms with E-state index in [1.165, 1.54) is 6.92 Å². The first-order chi connectivity index (χ1) is 12.8. The average molecular weight is 453 g/mol. The standard InChI is InChI=1S/2C10H18O4.3CH4/c1-5-10(3,4)9(12)14-7-13-6-8(2)11;1-5-8(11)13-7-14-9(12)10(3,4)6-2;;;/h2*5-7H2,1-4H3;3*1H4. The van der Waals surface area contributed by atoms with Gasteiger partial charge in [0.1, 0.15) is 6.61 Å². The molecule has 0 aliphatic carbocycles. The largest absolute Gasteiger partial charge is 0.438 e. The highest BCUT2D eigenvalue weighted by atomic mass is 16.7. The van der Waals surface area contributed by atoms with Crippen molar-refractivity contribution >= 4 is 23.7 Å². The Balaban J connectivity index is -0.000000133. The Morgan fingerprint density at radius 1 is 0.677 bits per heavy atom. The van der Waals surface area contributed by atoms with Gasteiger partial charge in [-0.05, 0) is 47.5 Å². The molecule has 0 saturated heterocycles. The molecule has 0 fully saturated rings. The molecule has 8 nitrogen and oxygen atoms in total. The molecule has 0 spiro atoms. The molecule has 188 valence electrons. The Morgan fingerprint density at radius 3 is 1.39 bits per heavy atom. The summed E-state index contributed by atoms with van der Waals surface area (Å²) in [5.74, 6) is -1.10. The van der Waals surface area contributed by atoms with Crippen molar-refractivity contribution in [2.45, 2.75) is 96.9 Å². The molecule has 0 aromatic heterocycles. The third-order valence-electron chi connectivity index (χ3n) is 4.15. The van der Waals surface area contributed by atoms with Crippen molar-refractivity contribution in [2.75, 3.05) is 20.2 Å². The molecular weight excluding hydrogens is 404 g/mol. The van der Waals surface area contributed by atoms with E-state index in [0.29, 0.717) is 12.8 Å². The number of hydrogen-bond donors (Lipinski definition) is 0. The van der Waals surface area contributed by atoms with Crippen LogP contribution in [-0.4, -0.2) is 43.9 Å². The van der Waals surface area contributed by atoms with E-state index in [4.69, 9.17) is 14.2 Å². The number of Topliss-reactive ketones (excluding diaryl/α,β-unsaturated/α-hetero) is 1. The molecule has 0 amide bonds. The van der Waals surface area contributed by atoms with Crippen molar-refractivity contribution in [1.82, 2.24) is 0 Å². The van der Waals surface area contributed by atoms with Gasteiger partial charge in [0.2, 0.25) is 6.79 Å². The highest BCUT2D eigenvalue weighted by molar-refractivity contribution is 5.77. The minimum Gasteiger partial charge on any atom is -0.438 e. The highest BCUT2D eigenvalue weighted by Crippen LogP contribution is 2.21. The molecule has 31 heavy (non-hydrogen) atoms. The molecule has 0 N–H and O–H groups in total. The summed E-state index contributed by atoms with van der Waals surface area (Å²) in [6.45, 7) is 13.7. The molecule has 0 atom stereocenters. The smallest absolute Gasteiger partial charge is 0.314 e. The third-order valence-corrected chi connectivity index (χ3v) is 4.15. The van der Waals surface area contributed by atoms with Gasteiger partial charge in [0.05, 0.1) is 10.8 Å². The summed E-state index contributed by atoms with van der Waals surface area (Å²) >= 11 is 0. The van der Waals surface area contributed by atoms with Crippen LogP contribution in [0.4, 0.5) is 0 Å². The lowest BCUT2D eigenvalue weighted by Gasteiger charge is -2.19. The van der Waals surface area contributed by atoms with E-state index in [9.17, 15) is 19.2 Å². The molecule has 0 aromatic carbocycles. The molecule has 0 aromatic rings. The molecule has 0 heterocycles. The molecule has 0 aliphatic heterocycles. The van der Waals surface area contributed by atoms with Crippen molar-refractivity contribution in [3.05, 3.63) is 0 Å². The maximum absolute atomic E-state index is 11.4. The Morgan fingerprint density at radius 2 is 1.06 bits per heavy atom. The van der Waals surface area contributed by atoms with E-state index in [0.717, 1.165) is 0 Å². The molecule has 0 unspecified atom stereocenters. The first-order valence-corrected chi connectivity index (χ1v) is 9.41. The molecule has 0 aliphatic rings. The number of rotatable bonds is 11. The van der Waals surface area contributed by atoms with Crippen molar-refractivity contribution in [3.63, 3.8) is 0 Å².